The fourth-order valence-corrected chi connectivity index (χ4v) is 0.973. The second-order valence-electron chi connectivity index (χ2n) is 2.09. The van der Waals surface area contributed by atoms with Crippen LogP contribution >= 0.6 is 12.6 Å². The van der Waals surface area contributed by atoms with Crippen LogP contribution < -0.4 is 4.74 Å². The Bertz CT molecular complexity index is 205. The van der Waals surface area contributed by atoms with Crippen LogP contribution in [0.5, 0.6) is 5.75 Å². The molecule has 0 saturated heterocycles. The predicted molar refractivity (Wildman–Crippen MR) is 49.7 cm³/mol. The molecule has 1 aromatic carbocycles. The maximum Gasteiger partial charge on any atom is 0.118 e. The molecule has 0 heterocycles. The maximum atomic E-state index is 5.00. The summed E-state index contributed by atoms with van der Waals surface area (Å²) in [7, 11) is 1.66. The topological polar surface area (TPSA) is 9.23 Å². The quantitative estimate of drug-likeness (QED) is 0.678. The second kappa shape index (κ2) is 4.29. The van der Waals surface area contributed by atoms with E-state index in [-0.39, 0.29) is 0 Å². The molecule has 58 valence electrons. The fraction of sp³-hybridized carbons (Fsp3) is 0.111. The van der Waals surface area contributed by atoms with Gasteiger partial charge in [-0.25, -0.2) is 0 Å². The van der Waals surface area contributed by atoms with Crippen molar-refractivity contribution < 1.29 is 4.74 Å². The van der Waals surface area contributed by atoms with Gasteiger partial charge >= 0.3 is 0 Å². The van der Waals surface area contributed by atoms with Crippen LogP contribution in [0.4, 0.5) is 0 Å². The number of thiol groups is 1. The van der Waals surface area contributed by atoms with Crippen LogP contribution in [-0.4, -0.2) is 7.11 Å². The molecular formula is C9H10OS. The van der Waals surface area contributed by atoms with Crippen LogP contribution in [0.25, 0.3) is 0 Å². The molecule has 2 radical (unpaired) electrons. The van der Waals surface area contributed by atoms with E-state index in [1.807, 2.05) is 30.7 Å². The summed E-state index contributed by atoms with van der Waals surface area (Å²) in [5.41, 5.74) is 1.13. The van der Waals surface area contributed by atoms with E-state index in [1.165, 1.54) is 0 Å². The summed E-state index contributed by atoms with van der Waals surface area (Å²) in [5.74, 6) is 2.59. The van der Waals surface area contributed by atoms with E-state index in [0.717, 1.165) is 11.3 Å². The van der Waals surface area contributed by atoms with Gasteiger partial charge in [-0.2, -0.15) is 12.6 Å². The summed E-state index contributed by atoms with van der Waals surface area (Å²) in [5, 5.41) is 0. The Morgan fingerprint density at radius 3 is 2.36 bits per heavy atom. The van der Waals surface area contributed by atoms with Crippen molar-refractivity contribution >= 4 is 12.6 Å². The van der Waals surface area contributed by atoms with Gasteiger partial charge < -0.3 is 4.74 Å². The standard InChI is InChI=1S/C9H10OS/c1-10-9-4-2-8(3-5-9)6-7-11/h2-7,11H,1H3. The zero-order valence-corrected chi connectivity index (χ0v) is 7.21. The van der Waals surface area contributed by atoms with E-state index >= 15 is 0 Å². The molecule has 0 bridgehead atoms. The molecule has 0 unspecified atom stereocenters. The monoisotopic (exact) mass is 166 g/mol. The van der Waals surface area contributed by atoms with Crippen LogP contribution in [0, 0.1) is 12.2 Å². The highest BCUT2D eigenvalue weighted by Crippen LogP contribution is 2.13. The number of hydrogen-bond donors (Lipinski definition) is 1. The summed E-state index contributed by atoms with van der Waals surface area (Å²) >= 11 is 3.97. The lowest BCUT2D eigenvalue weighted by Crippen LogP contribution is -1.83. The maximum absolute atomic E-state index is 5.00. The molecule has 0 fully saturated rings. The van der Waals surface area contributed by atoms with E-state index in [2.05, 4.69) is 12.6 Å². The molecule has 1 aromatic rings. The van der Waals surface area contributed by atoms with Gasteiger partial charge in [0, 0.05) is 12.2 Å². The number of rotatable bonds is 3. The Hall–Kier alpha value is -0.630. The van der Waals surface area contributed by atoms with Gasteiger partial charge in [0.1, 0.15) is 5.75 Å². The third kappa shape index (κ3) is 2.46. The fourth-order valence-electron chi connectivity index (χ4n) is 0.801. The van der Waals surface area contributed by atoms with Crippen molar-refractivity contribution in [1.82, 2.24) is 0 Å². The van der Waals surface area contributed by atoms with E-state index in [9.17, 15) is 0 Å². The molecule has 0 saturated carbocycles. The van der Waals surface area contributed by atoms with E-state index in [1.54, 1.807) is 12.9 Å². The van der Waals surface area contributed by atoms with Crippen LogP contribution in [0.1, 0.15) is 5.56 Å². The third-order valence-corrected chi connectivity index (χ3v) is 1.53. The molecule has 0 aliphatic heterocycles. The lowest BCUT2D eigenvalue weighted by molar-refractivity contribution is 0.414. The summed E-state index contributed by atoms with van der Waals surface area (Å²) < 4.78 is 5.00. The highest BCUT2D eigenvalue weighted by atomic mass is 32.1. The van der Waals surface area contributed by atoms with Gasteiger partial charge in [-0.05, 0) is 17.7 Å². The van der Waals surface area contributed by atoms with Gasteiger partial charge in [0.2, 0.25) is 0 Å². The largest absolute Gasteiger partial charge is 0.497 e. The Morgan fingerprint density at radius 1 is 1.27 bits per heavy atom. The van der Waals surface area contributed by atoms with Crippen molar-refractivity contribution in [2.45, 2.75) is 0 Å². The van der Waals surface area contributed by atoms with Gasteiger partial charge in [-0.15, -0.1) is 0 Å². The van der Waals surface area contributed by atoms with Crippen molar-refractivity contribution in [3.8, 4) is 5.75 Å². The molecule has 0 atom stereocenters. The first-order chi connectivity index (χ1) is 5.36. The zero-order valence-electron chi connectivity index (χ0n) is 6.32. The van der Waals surface area contributed by atoms with Gasteiger partial charge in [0.25, 0.3) is 0 Å². The molecular weight excluding hydrogens is 156 g/mol. The van der Waals surface area contributed by atoms with Gasteiger partial charge in [-0.1, -0.05) is 12.1 Å². The van der Waals surface area contributed by atoms with Crippen LogP contribution in [0.3, 0.4) is 0 Å². The van der Waals surface area contributed by atoms with Crippen LogP contribution in [-0.2, 0) is 0 Å². The predicted octanol–water partition coefficient (Wildman–Crippen LogP) is 2.34. The summed E-state index contributed by atoms with van der Waals surface area (Å²) in [4.78, 5) is 0. The average molecular weight is 166 g/mol. The highest BCUT2D eigenvalue weighted by Gasteiger charge is 1.92. The highest BCUT2D eigenvalue weighted by molar-refractivity contribution is 7.82. The van der Waals surface area contributed by atoms with Crippen LogP contribution in [0.2, 0.25) is 0 Å². The summed E-state index contributed by atoms with van der Waals surface area (Å²) in [6.45, 7) is 0. The number of ether oxygens (including phenoxy) is 1. The van der Waals surface area contributed by atoms with Crippen molar-refractivity contribution in [2.24, 2.45) is 0 Å². The Labute approximate surface area is 72.8 Å². The number of hydrogen-bond acceptors (Lipinski definition) is 2. The average Bonchev–Trinajstić information content (AvgIpc) is 2.07. The first kappa shape index (κ1) is 8.47. The normalized spacial score (nSPS) is 9.64. The minimum atomic E-state index is 0.876. The molecule has 0 N–H and O–H groups in total. The van der Waals surface area contributed by atoms with Gasteiger partial charge in [0.05, 0.1) is 7.11 Å². The van der Waals surface area contributed by atoms with Gasteiger partial charge in [-0.3, -0.25) is 0 Å². The molecule has 0 aromatic heterocycles. The van der Waals surface area contributed by atoms with Crippen molar-refractivity contribution in [1.29, 1.82) is 0 Å². The van der Waals surface area contributed by atoms with Crippen molar-refractivity contribution in [3.05, 3.63) is 42.0 Å². The SMILES string of the molecule is COc1ccc([CH][CH]S)cc1. The lowest BCUT2D eigenvalue weighted by Gasteiger charge is -2.00. The molecule has 11 heavy (non-hydrogen) atoms. The number of benzene rings is 1. The second-order valence-corrected chi connectivity index (χ2v) is 2.39. The summed E-state index contributed by atoms with van der Waals surface area (Å²) in [6.07, 6.45) is 1.92. The smallest absolute Gasteiger partial charge is 0.118 e. The third-order valence-electron chi connectivity index (χ3n) is 1.38. The molecule has 1 nitrogen and oxygen atoms in total. The van der Waals surface area contributed by atoms with Gasteiger partial charge in [0.15, 0.2) is 0 Å². The Balaban J connectivity index is 2.66. The van der Waals surface area contributed by atoms with Crippen molar-refractivity contribution in [3.63, 3.8) is 0 Å². The molecule has 0 aliphatic carbocycles. The van der Waals surface area contributed by atoms with E-state index in [4.69, 9.17) is 4.74 Å². The first-order valence-corrected chi connectivity index (χ1v) is 3.83. The summed E-state index contributed by atoms with van der Waals surface area (Å²) in [6, 6.07) is 7.79. The lowest BCUT2D eigenvalue weighted by atomic mass is 10.2. The molecule has 0 aliphatic rings. The Kier molecular flexibility index (Phi) is 3.30. The number of methoxy groups -OCH3 is 1. The minimum Gasteiger partial charge on any atom is -0.497 e. The molecule has 0 spiro atoms. The van der Waals surface area contributed by atoms with Crippen molar-refractivity contribution in [2.75, 3.05) is 7.11 Å². The zero-order chi connectivity index (χ0) is 8.10. The minimum absolute atomic E-state index is 0.876. The molecule has 1 rings (SSSR count). The van der Waals surface area contributed by atoms with Crippen LogP contribution in [0.15, 0.2) is 24.3 Å². The van der Waals surface area contributed by atoms with E-state index in [0.29, 0.717) is 0 Å². The molecule has 2 heteroatoms. The Morgan fingerprint density at radius 2 is 1.91 bits per heavy atom. The first-order valence-electron chi connectivity index (χ1n) is 3.31. The molecule has 0 amide bonds. The van der Waals surface area contributed by atoms with E-state index < -0.39 is 0 Å².